The fraction of sp³-hybridized carbons (Fsp3) is 0.276. The summed E-state index contributed by atoms with van der Waals surface area (Å²) in [7, 11) is 2.51. The summed E-state index contributed by atoms with van der Waals surface area (Å²) in [5, 5.41) is 3.25. The van der Waals surface area contributed by atoms with E-state index in [1.165, 1.54) is 20.3 Å². The van der Waals surface area contributed by atoms with Crippen molar-refractivity contribution < 1.29 is 32.6 Å². The molecule has 1 spiro atoms. The number of ether oxygens (including phenoxy) is 3. The number of nitrogens with zero attached hydrogens (tertiary/aromatic N) is 2. The number of rotatable bonds is 8. The van der Waals surface area contributed by atoms with Gasteiger partial charge in [-0.15, -0.1) is 0 Å². The number of benzene rings is 2. The van der Waals surface area contributed by atoms with Crippen molar-refractivity contribution in [2.45, 2.75) is 24.8 Å². The first-order chi connectivity index (χ1) is 18.8. The number of methoxy groups -OCH3 is 2. The lowest BCUT2D eigenvalue weighted by atomic mass is 9.74. The van der Waals surface area contributed by atoms with Gasteiger partial charge in [0.1, 0.15) is 16.9 Å². The lowest BCUT2D eigenvalue weighted by Gasteiger charge is -2.40. The molecule has 5 rings (SSSR count). The molecule has 0 saturated carbocycles. The van der Waals surface area contributed by atoms with Crippen LogP contribution in [0.1, 0.15) is 23.1 Å². The van der Waals surface area contributed by atoms with Crippen molar-refractivity contribution in [3.05, 3.63) is 83.6 Å². The molecular formula is C29H27F2N3O5. The Bertz CT molecular complexity index is 1440. The number of carbonyl (C=O) groups is 2. The zero-order valence-corrected chi connectivity index (χ0v) is 21.6. The summed E-state index contributed by atoms with van der Waals surface area (Å²) in [6.07, 6.45) is 3.36. The maximum absolute atomic E-state index is 15.4. The van der Waals surface area contributed by atoms with E-state index in [2.05, 4.69) is 16.9 Å². The van der Waals surface area contributed by atoms with Gasteiger partial charge in [-0.25, -0.2) is 13.8 Å². The predicted octanol–water partition coefficient (Wildman–Crippen LogP) is 4.62. The highest BCUT2D eigenvalue weighted by atomic mass is 19.1. The van der Waals surface area contributed by atoms with Crippen molar-refractivity contribution in [2.24, 2.45) is 0 Å². The van der Waals surface area contributed by atoms with Gasteiger partial charge < -0.3 is 24.4 Å². The Labute approximate surface area is 224 Å². The number of halogens is 2. The van der Waals surface area contributed by atoms with Crippen molar-refractivity contribution in [3.63, 3.8) is 0 Å². The van der Waals surface area contributed by atoms with E-state index in [-0.39, 0.29) is 36.9 Å². The lowest BCUT2D eigenvalue weighted by molar-refractivity contribution is -0.125. The fourth-order valence-electron chi connectivity index (χ4n) is 5.17. The fourth-order valence-corrected chi connectivity index (χ4v) is 5.17. The Hall–Kier alpha value is -4.31. The molecule has 0 aliphatic carbocycles. The van der Waals surface area contributed by atoms with Crippen molar-refractivity contribution >= 4 is 28.9 Å². The van der Waals surface area contributed by atoms with E-state index in [0.717, 1.165) is 16.5 Å². The zero-order chi connectivity index (χ0) is 27.7. The first kappa shape index (κ1) is 26.3. The van der Waals surface area contributed by atoms with Crippen LogP contribution in [0.25, 0.3) is 0 Å². The first-order valence-electron chi connectivity index (χ1n) is 12.3. The summed E-state index contributed by atoms with van der Waals surface area (Å²) < 4.78 is 46.7. The van der Waals surface area contributed by atoms with E-state index in [4.69, 9.17) is 14.2 Å². The minimum absolute atomic E-state index is 0.0492. The molecule has 1 N–H and O–H groups in total. The van der Waals surface area contributed by atoms with Crippen LogP contribution in [0.5, 0.6) is 11.5 Å². The van der Waals surface area contributed by atoms with Crippen molar-refractivity contribution in [1.82, 2.24) is 4.98 Å². The number of nitrogens with one attached hydrogen (secondary N) is 1. The molecule has 2 aromatic carbocycles. The van der Waals surface area contributed by atoms with E-state index < -0.39 is 28.6 Å². The van der Waals surface area contributed by atoms with Gasteiger partial charge in [0.15, 0.2) is 28.9 Å². The summed E-state index contributed by atoms with van der Waals surface area (Å²) in [6, 6.07) is 10.2. The molecule has 2 aliphatic rings. The van der Waals surface area contributed by atoms with Gasteiger partial charge in [-0.05, 0) is 41.3 Å². The second kappa shape index (κ2) is 10.5. The third kappa shape index (κ3) is 4.50. The molecule has 0 radical (unpaired) electrons. The summed E-state index contributed by atoms with van der Waals surface area (Å²) >= 11 is 0. The molecule has 1 fully saturated rings. The van der Waals surface area contributed by atoms with Gasteiger partial charge in [0.2, 0.25) is 5.91 Å². The SMILES string of the molecule is C=CC(=O)Cc1ccccc1Nc1cc2c(cn1)CN(c1c(F)c(OC)cc(OC)c1F)C(=O)C21CCOC1. The second-order valence-electron chi connectivity index (χ2n) is 9.39. The van der Waals surface area contributed by atoms with Gasteiger partial charge in [0.05, 0.1) is 27.4 Å². The van der Waals surface area contributed by atoms with Crippen LogP contribution in [-0.4, -0.2) is 44.1 Å². The van der Waals surface area contributed by atoms with Gasteiger partial charge in [0, 0.05) is 31.0 Å². The molecule has 10 heteroatoms. The number of hydrogen-bond acceptors (Lipinski definition) is 7. The quantitative estimate of drug-likeness (QED) is 0.421. The van der Waals surface area contributed by atoms with Gasteiger partial charge in [0.25, 0.3) is 0 Å². The van der Waals surface area contributed by atoms with Crippen LogP contribution in [0.4, 0.5) is 26.0 Å². The first-order valence-corrected chi connectivity index (χ1v) is 12.3. The Balaban J connectivity index is 1.57. The van der Waals surface area contributed by atoms with Gasteiger partial charge in [-0.3, -0.25) is 9.59 Å². The molecule has 202 valence electrons. The maximum Gasteiger partial charge on any atom is 0.240 e. The number of carbonyl (C=O) groups excluding carboxylic acids is 2. The van der Waals surface area contributed by atoms with E-state index in [0.29, 0.717) is 35.7 Å². The number of amides is 1. The minimum Gasteiger partial charge on any atom is -0.493 e. The van der Waals surface area contributed by atoms with Crippen LogP contribution in [0, 0.1) is 11.6 Å². The van der Waals surface area contributed by atoms with Crippen LogP contribution in [0.3, 0.4) is 0 Å². The Morgan fingerprint density at radius 3 is 2.56 bits per heavy atom. The molecule has 1 aromatic heterocycles. The average Bonchev–Trinajstić information content (AvgIpc) is 3.44. The van der Waals surface area contributed by atoms with Crippen molar-refractivity contribution in [1.29, 1.82) is 0 Å². The van der Waals surface area contributed by atoms with Crippen LogP contribution >= 0.6 is 0 Å². The van der Waals surface area contributed by atoms with Crippen molar-refractivity contribution in [2.75, 3.05) is 37.7 Å². The Morgan fingerprint density at radius 2 is 1.92 bits per heavy atom. The summed E-state index contributed by atoms with van der Waals surface area (Å²) in [4.78, 5) is 31.6. The molecule has 39 heavy (non-hydrogen) atoms. The van der Waals surface area contributed by atoms with Gasteiger partial charge >= 0.3 is 0 Å². The third-order valence-corrected chi connectivity index (χ3v) is 7.20. The normalized spacial score (nSPS) is 18.2. The Kier molecular flexibility index (Phi) is 7.05. The number of aromatic nitrogens is 1. The highest BCUT2D eigenvalue weighted by Crippen LogP contribution is 2.46. The van der Waals surface area contributed by atoms with Crippen LogP contribution < -0.4 is 19.7 Å². The van der Waals surface area contributed by atoms with Gasteiger partial charge in [-0.2, -0.15) is 0 Å². The highest BCUT2D eigenvalue weighted by molar-refractivity contribution is 6.04. The van der Waals surface area contributed by atoms with Crippen molar-refractivity contribution in [3.8, 4) is 11.5 Å². The van der Waals surface area contributed by atoms with Crippen LogP contribution in [-0.2, 0) is 32.7 Å². The topological polar surface area (TPSA) is 90.0 Å². The van der Waals surface area contributed by atoms with Crippen LogP contribution in [0.2, 0.25) is 0 Å². The molecule has 2 aliphatic heterocycles. The smallest absolute Gasteiger partial charge is 0.240 e. The molecule has 1 saturated heterocycles. The number of para-hydroxylation sites is 1. The summed E-state index contributed by atoms with van der Waals surface area (Å²) in [5.74, 6) is -2.65. The van der Waals surface area contributed by atoms with Crippen LogP contribution in [0.15, 0.2) is 55.3 Å². The predicted molar refractivity (Wildman–Crippen MR) is 141 cm³/mol. The van der Waals surface area contributed by atoms with Gasteiger partial charge in [-0.1, -0.05) is 24.8 Å². The number of allylic oxidation sites excluding steroid dienone is 1. The van der Waals surface area contributed by atoms with E-state index in [1.807, 2.05) is 24.3 Å². The van der Waals surface area contributed by atoms with E-state index in [9.17, 15) is 9.59 Å². The summed E-state index contributed by atoms with van der Waals surface area (Å²) in [6.45, 7) is 3.78. The highest BCUT2D eigenvalue weighted by Gasteiger charge is 2.52. The van der Waals surface area contributed by atoms with E-state index >= 15 is 8.78 Å². The number of hydrogen-bond donors (Lipinski definition) is 1. The Morgan fingerprint density at radius 1 is 1.21 bits per heavy atom. The minimum atomic E-state index is -1.17. The van der Waals surface area contributed by atoms with E-state index in [1.54, 1.807) is 12.3 Å². The average molecular weight is 536 g/mol. The number of ketones is 1. The molecule has 1 atom stereocenters. The molecule has 1 amide bonds. The zero-order valence-electron chi connectivity index (χ0n) is 21.6. The largest absolute Gasteiger partial charge is 0.493 e. The summed E-state index contributed by atoms with van der Waals surface area (Å²) in [5.41, 5.74) is 1.04. The third-order valence-electron chi connectivity index (χ3n) is 7.20. The second-order valence-corrected chi connectivity index (χ2v) is 9.39. The molecule has 8 nitrogen and oxygen atoms in total. The molecule has 3 aromatic rings. The maximum atomic E-state index is 15.4. The standard InChI is InChI=1S/C29H27F2N3O5/c1-4-19(35)11-17-7-5-6-8-21(17)33-24-12-20-18(14-32-24)15-34(28(36)29(20)9-10-39-16-29)27-25(30)22(37-2)13-23(38-3)26(27)31/h4-8,12-14H,1,9-11,15-16H2,2-3H3,(H,32,33). The molecule has 0 bridgehead atoms. The molecule has 3 heterocycles. The molecular weight excluding hydrogens is 508 g/mol. The number of pyridine rings is 1. The number of anilines is 3. The lowest BCUT2D eigenvalue weighted by Crippen LogP contribution is -2.52. The number of fused-ring (bicyclic) bond motifs is 2. The monoisotopic (exact) mass is 535 g/mol. The molecule has 1 unspecified atom stereocenters.